The largest absolute Gasteiger partial charge is 0.493 e. The molecule has 5 rings (SSSR count). The Kier molecular flexibility index (Phi) is 7.01. The van der Waals surface area contributed by atoms with Gasteiger partial charge in [0.15, 0.2) is 17.3 Å². The standard InChI is InChI=1S/C30H24ClN3O3/c1-20-12-14-21(15-13-20)19-37-28-25(31)16-22(17-27(28)36-2)18-32-34-29(23-8-4-3-5-9-23)33-26-11-7-6-10-24(26)30(34)35/h3-18H,19H2,1-2H3. The third kappa shape index (κ3) is 5.25. The number of aryl methyl sites for hydroxylation is 1. The van der Waals surface area contributed by atoms with E-state index in [4.69, 9.17) is 26.1 Å². The number of fused-ring (bicyclic) bond motifs is 1. The highest BCUT2D eigenvalue weighted by Crippen LogP contribution is 2.36. The predicted octanol–water partition coefficient (Wildman–Crippen LogP) is 6.50. The van der Waals surface area contributed by atoms with Crippen LogP contribution in [0.3, 0.4) is 0 Å². The zero-order valence-electron chi connectivity index (χ0n) is 20.4. The topological polar surface area (TPSA) is 65.7 Å². The van der Waals surface area contributed by atoms with Crippen LogP contribution < -0.4 is 15.0 Å². The lowest BCUT2D eigenvalue weighted by atomic mass is 10.1. The molecule has 0 saturated heterocycles. The molecule has 7 heteroatoms. The second-order valence-corrected chi connectivity index (χ2v) is 8.90. The smallest absolute Gasteiger partial charge is 0.282 e. The van der Waals surface area contributed by atoms with E-state index < -0.39 is 0 Å². The molecule has 0 amide bonds. The lowest BCUT2D eigenvalue weighted by Gasteiger charge is -2.14. The number of hydrogen-bond donors (Lipinski definition) is 0. The van der Waals surface area contributed by atoms with E-state index in [-0.39, 0.29) is 5.56 Å². The Morgan fingerprint density at radius 2 is 1.70 bits per heavy atom. The van der Waals surface area contributed by atoms with E-state index in [2.05, 4.69) is 5.10 Å². The summed E-state index contributed by atoms with van der Waals surface area (Å²) in [5.74, 6) is 1.35. The van der Waals surface area contributed by atoms with Gasteiger partial charge in [-0.15, -0.1) is 0 Å². The summed E-state index contributed by atoms with van der Waals surface area (Å²) in [6.07, 6.45) is 1.56. The summed E-state index contributed by atoms with van der Waals surface area (Å²) < 4.78 is 12.8. The highest BCUT2D eigenvalue weighted by Gasteiger charge is 2.14. The van der Waals surface area contributed by atoms with Gasteiger partial charge >= 0.3 is 0 Å². The monoisotopic (exact) mass is 509 g/mol. The van der Waals surface area contributed by atoms with Crippen LogP contribution in [-0.4, -0.2) is 23.0 Å². The first-order valence-corrected chi connectivity index (χ1v) is 12.1. The number of ether oxygens (including phenoxy) is 2. The Balaban J connectivity index is 1.51. The summed E-state index contributed by atoms with van der Waals surface area (Å²) in [5, 5.41) is 5.37. The van der Waals surface area contributed by atoms with Gasteiger partial charge in [0.1, 0.15) is 6.61 Å². The molecule has 1 heterocycles. The minimum atomic E-state index is -0.267. The van der Waals surface area contributed by atoms with Crippen LogP contribution in [0.2, 0.25) is 5.02 Å². The Labute approximate surface area is 219 Å². The third-order valence-electron chi connectivity index (χ3n) is 5.86. The first-order valence-electron chi connectivity index (χ1n) is 11.7. The lowest BCUT2D eigenvalue weighted by molar-refractivity contribution is 0.284. The minimum Gasteiger partial charge on any atom is -0.493 e. The van der Waals surface area contributed by atoms with E-state index in [0.29, 0.717) is 45.4 Å². The molecule has 0 fully saturated rings. The SMILES string of the molecule is COc1cc(C=Nn2c(-c3ccccc3)nc3ccccc3c2=O)cc(Cl)c1OCc1ccc(C)cc1. The highest BCUT2D eigenvalue weighted by molar-refractivity contribution is 6.32. The van der Waals surface area contributed by atoms with Crippen LogP contribution in [0.25, 0.3) is 22.3 Å². The second kappa shape index (κ2) is 10.7. The summed E-state index contributed by atoms with van der Waals surface area (Å²) in [7, 11) is 1.55. The first kappa shape index (κ1) is 24.3. The molecule has 37 heavy (non-hydrogen) atoms. The van der Waals surface area contributed by atoms with Crippen molar-refractivity contribution >= 4 is 28.7 Å². The van der Waals surface area contributed by atoms with Gasteiger partial charge in [-0.3, -0.25) is 4.79 Å². The van der Waals surface area contributed by atoms with Crippen molar-refractivity contribution in [1.82, 2.24) is 9.66 Å². The fourth-order valence-corrected chi connectivity index (χ4v) is 4.20. The number of para-hydroxylation sites is 1. The fourth-order valence-electron chi connectivity index (χ4n) is 3.92. The number of benzene rings is 4. The van der Waals surface area contributed by atoms with Crippen LogP contribution in [0, 0.1) is 6.92 Å². The highest BCUT2D eigenvalue weighted by atomic mass is 35.5. The van der Waals surface area contributed by atoms with Crippen LogP contribution in [0.1, 0.15) is 16.7 Å². The summed E-state index contributed by atoms with van der Waals surface area (Å²) in [6, 6.07) is 28.3. The Morgan fingerprint density at radius 3 is 2.46 bits per heavy atom. The van der Waals surface area contributed by atoms with Crippen LogP contribution >= 0.6 is 11.6 Å². The molecule has 0 aliphatic heterocycles. The van der Waals surface area contributed by atoms with Crippen molar-refractivity contribution in [2.75, 3.05) is 7.11 Å². The first-order chi connectivity index (χ1) is 18.0. The van der Waals surface area contributed by atoms with E-state index >= 15 is 0 Å². The van der Waals surface area contributed by atoms with Crippen LogP contribution in [0.5, 0.6) is 11.5 Å². The van der Waals surface area contributed by atoms with Crippen LogP contribution in [-0.2, 0) is 6.61 Å². The average Bonchev–Trinajstić information content (AvgIpc) is 2.93. The maximum Gasteiger partial charge on any atom is 0.282 e. The number of aromatic nitrogens is 2. The van der Waals surface area contributed by atoms with Gasteiger partial charge in [-0.2, -0.15) is 9.78 Å². The summed E-state index contributed by atoms with van der Waals surface area (Å²) in [4.78, 5) is 18.1. The Morgan fingerprint density at radius 1 is 0.973 bits per heavy atom. The van der Waals surface area contributed by atoms with E-state index in [0.717, 1.165) is 11.1 Å². The molecule has 6 nitrogen and oxygen atoms in total. The molecule has 0 bridgehead atoms. The van der Waals surface area contributed by atoms with Gasteiger partial charge in [0.2, 0.25) is 0 Å². The number of nitrogens with zero attached hydrogens (tertiary/aromatic N) is 3. The molecular weight excluding hydrogens is 486 g/mol. The van der Waals surface area contributed by atoms with Crippen molar-refractivity contribution in [1.29, 1.82) is 0 Å². The van der Waals surface area contributed by atoms with Crippen molar-refractivity contribution < 1.29 is 9.47 Å². The molecule has 1 aromatic heterocycles. The molecule has 0 radical (unpaired) electrons. The maximum atomic E-state index is 13.4. The molecule has 0 spiro atoms. The van der Waals surface area contributed by atoms with Crippen molar-refractivity contribution in [2.24, 2.45) is 5.10 Å². The number of rotatable bonds is 7. The van der Waals surface area contributed by atoms with Gasteiger partial charge in [-0.1, -0.05) is 83.9 Å². The normalized spacial score (nSPS) is 11.2. The van der Waals surface area contributed by atoms with Crippen molar-refractivity contribution in [3.8, 4) is 22.9 Å². The second-order valence-electron chi connectivity index (χ2n) is 8.49. The van der Waals surface area contributed by atoms with Gasteiger partial charge in [0.25, 0.3) is 5.56 Å². The van der Waals surface area contributed by atoms with Crippen molar-refractivity contribution in [2.45, 2.75) is 13.5 Å². The number of halogens is 1. The number of hydrogen-bond acceptors (Lipinski definition) is 5. The van der Waals surface area contributed by atoms with Gasteiger partial charge in [0.05, 0.1) is 29.2 Å². The fraction of sp³-hybridized carbons (Fsp3) is 0.100. The molecule has 0 saturated carbocycles. The van der Waals surface area contributed by atoms with Crippen LogP contribution in [0.4, 0.5) is 0 Å². The summed E-state index contributed by atoms with van der Waals surface area (Å²) in [5.41, 5.74) is 3.96. The maximum absolute atomic E-state index is 13.4. The third-order valence-corrected chi connectivity index (χ3v) is 6.14. The zero-order valence-corrected chi connectivity index (χ0v) is 21.1. The molecule has 0 N–H and O–H groups in total. The van der Waals surface area contributed by atoms with Crippen molar-refractivity contribution in [3.63, 3.8) is 0 Å². The van der Waals surface area contributed by atoms with Gasteiger partial charge in [-0.25, -0.2) is 4.98 Å². The minimum absolute atomic E-state index is 0.267. The molecule has 4 aromatic carbocycles. The molecular formula is C30H24ClN3O3. The quantitative estimate of drug-likeness (QED) is 0.235. The average molecular weight is 510 g/mol. The molecule has 0 unspecified atom stereocenters. The predicted molar refractivity (Wildman–Crippen MR) is 148 cm³/mol. The summed E-state index contributed by atoms with van der Waals surface area (Å²) in [6.45, 7) is 2.39. The van der Waals surface area contributed by atoms with E-state index in [1.165, 1.54) is 10.2 Å². The van der Waals surface area contributed by atoms with Crippen molar-refractivity contribution in [3.05, 3.63) is 123 Å². The number of methoxy groups -OCH3 is 1. The Bertz CT molecular complexity index is 1650. The molecule has 5 aromatic rings. The molecule has 184 valence electrons. The van der Waals surface area contributed by atoms with Gasteiger partial charge < -0.3 is 9.47 Å². The van der Waals surface area contributed by atoms with Gasteiger partial charge in [0, 0.05) is 5.56 Å². The Hall–Kier alpha value is -4.42. The lowest BCUT2D eigenvalue weighted by Crippen LogP contribution is -2.20. The molecule has 0 aliphatic rings. The zero-order chi connectivity index (χ0) is 25.8. The van der Waals surface area contributed by atoms with Gasteiger partial charge in [-0.05, 0) is 42.3 Å². The van der Waals surface area contributed by atoms with E-state index in [1.54, 1.807) is 31.5 Å². The molecule has 0 aliphatic carbocycles. The van der Waals surface area contributed by atoms with E-state index in [9.17, 15) is 4.79 Å². The van der Waals surface area contributed by atoms with E-state index in [1.807, 2.05) is 79.7 Å². The molecule has 0 atom stereocenters. The summed E-state index contributed by atoms with van der Waals surface area (Å²) >= 11 is 6.58. The van der Waals surface area contributed by atoms with Crippen LogP contribution in [0.15, 0.2) is 101 Å².